The van der Waals surface area contributed by atoms with E-state index in [1.54, 1.807) is 37.1 Å². The van der Waals surface area contributed by atoms with Crippen molar-refractivity contribution in [2.45, 2.75) is 25.8 Å². The molecule has 0 saturated carbocycles. The van der Waals surface area contributed by atoms with E-state index in [-0.39, 0.29) is 11.8 Å². The number of ether oxygens (including phenoxy) is 1. The molecule has 0 aliphatic heterocycles. The summed E-state index contributed by atoms with van der Waals surface area (Å²) in [6.45, 7) is 1.39. The van der Waals surface area contributed by atoms with Gasteiger partial charge in [-0.25, -0.2) is 9.78 Å². The molecule has 9 nitrogen and oxygen atoms in total. The molecule has 1 aliphatic rings. The topological polar surface area (TPSA) is 122 Å². The van der Waals surface area contributed by atoms with E-state index in [4.69, 9.17) is 4.74 Å². The van der Waals surface area contributed by atoms with Gasteiger partial charge in [0.25, 0.3) is 0 Å². The van der Waals surface area contributed by atoms with E-state index >= 15 is 0 Å². The zero-order valence-electron chi connectivity index (χ0n) is 18.4. The van der Waals surface area contributed by atoms with Gasteiger partial charge in [0.05, 0.1) is 18.5 Å². The Morgan fingerprint density at radius 3 is 3.03 bits per heavy atom. The highest BCUT2D eigenvalue weighted by molar-refractivity contribution is 7.16. The number of nitriles is 1. The molecular formula is C24H24N6O3S. The summed E-state index contributed by atoms with van der Waals surface area (Å²) < 4.78 is 7.27. The molecule has 3 aromatic rings. The standard InChI is InChI=1S/C24H24N6O3S/c25-13-20-19-5-3-18(15-33-24(32)28-9-11-30-10-8-27-16-30)12-21(19)34-23(20)29-22(31)6-4-17-2-1-7-26-14-17/h1-2,4,6-8,10,14,16,18H,3,5,9,11-12,15H2,(H,28,32)(H,29,31). The molecule has 0 aromatic carbocycles. The van der Waals surface area contributed by atoms with Gasteiger partial charge in [-0.15, -0.1) is 11.3 Å². The summed E-state index contributed by atoms with van der Waals surface area (Å²) in [6.07, 6.45) is 13.4. The Hall–Kier alpha value is -3.97. The van der Waals surface area contributed by atoms with Crippen LogP contribution in [0.1, 0.15) is 28.0 Å². The van der Waals surface area contributed by atoms with Gasteiger partial charge in [-0.2, -0.15) is 5.26 Å². The summed E-state index contributed by atoms with van der Waals surface area (Å²) in [5.41, 5.74) is 2.33. The fraction of sp³-hybridized carbons (Fsp3) is 0.292. The van der Waals surface area contributed by atoms with Crippen LogP contribution in [-0.2, 0) is 28.9 Å². The lowest BCUT2D eigenvalue weighted by atomic mass is 9.88. The number of aromatic nitrogens is 3. The Morgan fingerprint density at radius 1 is 1.35 bits per heavy atom. The molecule has 0 radical (unpaired) electrons. The number of carbonyl (C=O) groups excluding carboxylic acids is 2. The molecule has 174 valence electrons. The van der Waals surface area contributed by atoms with Crippen molar-refractivity contribution in [1.29, 1.82) is 5.26 Å². The number of imidazole rings is 1. The van der Waals surface area contributed by atoms with Crippen LogP contribution in [0.5, 0.6) is 0 Å². The highest BCUT2D eigenvalue weighted by atomic mass is 32.1. The van der Waals surface area contributed by atoms with Gasteiger partial charge in [0.15, 0.2) is 0 Å². The molecule has 4 rings (SSSR count). The maximum Gasteiger partial charge on any atom is 0.407 e. The number of alkyl carbamates (subject to hydrolysis) is 1. The lowest BCUT2D eigenvalue weighted by Gasteiger charge is -2.21. The van der Waals surface area contributed by atoms with Crippen LogP contribution in [0.3, 0.4) is 0 Å². The van der Waals surface area contributed by atoms with E-state index in [0.717, 1.165) is 22.4 Å². The van der Waals surface area contributed by atoms with Crippen molar-refractivity contribution in [2.75, 3.05) is 18.5 Å². The van der Waals surface area contributed by atoms with Crippen molar-refractivity contribution in [2.24, 2.45) is 5.92 Å². The number of carbonyl (C=O) groups is 2. The Kier molecular flexibility index (Phi) is 7.67. The minimum Gasteiger partial charge on any atom is -0.449 e. The summed E-state index contributed by atoms with van der Waals surface area (Å²) in [5, 5.41) is 15.8. The van der Waals surface area contributed by atoms with Crippen LogP contribution in [0.25, 0.3) is 6.08 Å². The van der Waals surface area contributed by atoms with Crippen LogP contribution >= 0.6 is 11.3 Å². The lowest BCUT2D eigenvalue weighted by Crippen LogP contribution is -2.30. The lowest BCUT2D eigenvalue weighted by molar-refractivity contribution is -0.111. The Bertz CT molecular complexity index is 1200. The van der Waals surface area contributed by atoms with Crippen LogP contribution in [0, 0.1) is 17.2 Å². The largest absolute Gasteiger partial charge is 0.449 e. The maximum atomic E-state index is 12.4. The molecule has 34 heavy (non-hydrogen) atoms. The molecule has 3 heterocycles. The van der Waals surface area contributed by atoms with Crippen LogP contribution in [-0.4, -0.2) is 39.7 Å². The van der Waals surface area contributed by atoms with Crippen LogP contribution in [0.15, 0.2) is 49.3 Å². The predicted octanol–water partition coefficient (Wildman–Crippen LogP) is 3.39. The number of fused-ring (bicyclic) bond motifs is 1. The zero-order chi connectivity index (χ0) is 23.8. The second-order valence-electron chi connectivity index (χ2n) is 7.86. The number of pyridine rings is 1. The van der Waals surface area contributed by atoms with Gasteiger partial charge >= 0.3 is 6.09 Å². The maximum absolute atomic E-state index is 12.4. The molecule has 2 N–H and O–H groups in total. The Labute approximate surface area is 201 Å². The van der Waals surface area contributed by atoms with Crippen molar-refractivity contribution in [1.82, 2.24) is 19.9 Å². The number of anilines is 1. The molecule has 0 saturated heterocycles. The van der Waals surface area contributed by atoms with Crippen molar-refractivity contribution in [3.8, 4) is 6.07 Å². The first-order valence-corrected chi connectivity index (χ1v) is 11.7. The minimum atomic E-state index is -0.442. The number of nitrogens with zero attached hydrogens (tertiary/aromatic N) is 4. The van der Waals surface area contributed by atoms with Crippen LogP contribution < -0.4 is 10.6 Å². The molecule has 0 bridgehead atoms. The first-order valence-electron chi connectivity index (χ1n) is 10.9. The third kappa shape index (κ3) is 6.08. The minimum absolute atomic E-state index is 0.172. The summed E-state index contributed by atoms with van der Waals surface area (Å²) >= 11 is 1.42. The second-order valence-corrected chi connectivity index (χ2v) is 8.97. The van der Waals surface area contributed by atoms with E-state index in [1.807, 2.05) is 16.8 Å². The van der Waals surface area contributed by atoms with Crippen molar-refractivity contribution >= 4 is 34.4 Å². The Morgan fingerprint density at radius 2 is 2.26 bits per heavy atom. The highest BCUT2D eigenvalue weighted by Gasteiger charge is 2.27. The van der Waals surface area contributed by atoms with Crippen molar-refractivity contribution < 1.29 is 14.3 Å². The zero-order valence-corrected chi connectivity index (χ0v) is 19.3. The summed E-state index contributed by atoms with van der Waals surface area (Å²) in [7, 11) is 0. The first-order chi connectivity index (χ1) is 16.6. The number of amides is 2. The first kappa shape index (κ1) is 23.2. The fourth-order valence-electron chi connectivity index (χ4n) is 3.75. The number of thiophene rings is 1. The van der Waals surface area contributed by atoms with Gasteiger partial charge in [0.1, 0.15) is 11.1 Å². The van der Waals surface area contributed by atoms with Crippen LogP contribution in [0.4, 0.5) is 9.80 Å². The SMILES string of the molecule is N#Cc1c(NC(=O)C=Cc2cccnc2)sc2c1CCC(COC(=O)NCCn1ccnc1)C2. The molecule has 3 aromatic heterocycles. The molecule has 0 fully saturated rings. The second kappa shape index (κ2) is 11.2. The average molecular weight is 477 g/mol. The predicted molar refractivity (Wildman–Crippen MR) is 128 cm³/mol. The highest BCUT2D eigenvalue weighted by Crippen LogP contribution is 2.39. The molecule has 10 heteroatoms. The summed E-state index contributed by atoms with van der Waals surface area (Å²) in [6, 6.07) is 5.89. The van der Waals surface area contributed by atoms with E-state index < -0.39 is 6.09 Å². The number of rotatable bonds is 8. The summed E-state index contributed by atoms with van der Waals surface area (Å²) in [4.78, 5) is 33.4. The fourth-order valence-corrected chi connectivity index (χ4v) is 5.07. The molecular weight excluding hydrogens is 452 g/mol. The van der Waals surface area contributed by atoms with Gasteiger partial charge in [-0.3, -0.25) is 9.78 Å². The quantitative estimate of drug-likeness (QED) is 0.481. The van der Waals surface area contributed by atoms with E-state index in [9.17, 15) is 14.9 Å². The normalized spacial score (nSPS) is 14.9. The average Bonchev–Trinajstić information content (AvgIpc) is 3.49. The van der Waals surface area contributed by atoms with Crippen molar-refractivity contribution in [3.05, 3.63) is 70.9 Å². The van der Waals surface area contributed by atoms with Gasteiger partial charge in [-0.05, 0) is 48.4 Å². The molecule has 2 amide bonds. The molecule has 1 unspecified atom stereocenters. The number of hydrogen-bond acceptors (Lipinski definition) is 7. The molecule has 1 aliphatic carbocycles. The Balaban J connectivity index is 1.29. The smallest absolute Gasteiger partial charge is 0.407 e. The van der Waals surface area contributed by atoms with Gasteiger partial charge in [0, 0.05) is 48.8 Å². The molecule has 0 spiro atoms. The number of hydrogen-bond donors (Lipinski definition) is 2. The van der Waals surface area contributed by atoms with Gasteiger partial charge < -0.3 is 19.9 Å². The number of nitrogens with one attached hydrogen (secondary N) is 2. The third-order valence-corrected chi connectivity index (χ3v) is 6.65. The van der Waals surface area contributed by atoms with Gasteiger partial charge in [-0.1, -0.05) is 6.07 Å². The monoisotopic (exact) mass is 476 g/mol. The van der Waals surface area contributed by atoms with E-state index in [1.165, 1.54) is 17.4 Å². The molecule has 1 atom stereocenters. The van der Waals surface area contributed by atoms with Crippen LogP contribution in [0.2, 0.25) is 0 Å². The van der Waals surface area contributed by atoms with E-state index in [0.29, 0.717) is 43.1 Å². The van der Waals surface area contributed by atoms with E-state index in [2.05, 4.69) is 26.7 Å². The van der Waals surface area contributed by atoms with Crippen molar-refractivity contribution in [3.63, 3.8) is 0 Å². The third-order valence-electron chi connectivity index (χ3n) is 5.48. The summed E-state index contributed by atoms with van der Waals surface area (Å²) in [5.74, 6) is -0.127. The van der Waals surface area contributed by atoms with Gasteiger partial charge in [0.2, 0.25) is 5.91 Å².